The number of rotatable bonds is 9. The molecule has 0 aliphatic carbocycles. The molecule has 0 atom stereocenters. The molecule has 0 radical (unpaired) electrons. The van der Waals surface area contributed by atoms with Crippen molar-refractivity contribution >= 4 is 57.3 Å². The topological polar surface area (TPSA) is 66.9 Å². The van der Waals surface area contributed by atoms with Gasteiger partial charge in [-0.05, 0) is 19.4 Å². The van der Waals surface area contributed by atoms with Crippen LogP contribution in [0.5, 0.6) is 0 Å². The lowest BCUT2D eigenvalue weighted by Gasteiger charge is -2.17. The molecule has 3 rings (SSSR count). The van der Waals surface area contributed by atoms with Crippen molar-refractivity contribution in [2.45, 2.75) is 46.0 Å². The van der Waals surface area contributed by atoms with Gasteiger partial charge in [0.15, 0.2) is 0 Å². The molecule has 160 valence electrons. The summed E-state index contributed by atoms with van der Waals surface area (Å²) >= 11 is 6.39. The van der Waals surface area contributed by atoms with Gasteiger partial charge in [0.25, 0.3) is 11.8 Å². The van der Waals surface area contributed by atoms with Gasteiger partial charge in [-0.25, -0.2) is 0 Å². The summed E-state index contributed by atoms with van der Waals surface area (Å²) in [6.07, 6.45) is 5.50. The standard InChI is InChI=1S/C22H26N2O4S2/c1-3-5-6-7-10-13-23-16-12-9-8-11-15(16)18(20(23)26)19-21(27)24(22(29)30-19)14-17(25)28-4-2/h8-9,11-12H,3-7,10,13-14H2,1-2H3/b19-18-. The van der Waals surface area contributed by atoms with Crippen LogP contribution in [0.25, 0.3) is 5.57 Å². The molecule has 0 aromatic heterocycles. The monoisotopic (exact) mass is 446 g/mol. The molecule has 1 aromatic rings. The van der Waals surface area contributed by atoms with E-state index in [1.165, 1.54) is 17.7 Å². The van der Waals surface area contributed by atoms with E-state index < -0.39 is 11.9 Å². The van der Waals surface area contributed by atoms with Gasteiger partial charge in [0.05, 0.1) is 22.8 Å². The Morgan fingerprint density at radius 3 is 2.50 bits per heavy atom. The van der Waals surface area contributed by atoms with E-state index >= 15 is 0 Å². The average Bonchev–Trinajstić information content (AvgIpc) is 3.15. The van der Waals surface area contributed by atoms with E-state index in [4.69, 9.17) is 17.0 Å². The third-order valence-corrected chi connectivity index (χ3v) is 6.53. The molecule has 2 heterocycles. The third kappa shape index (κ3) is 4.59. The summed E-state index contributed by atoms with van der Waals surface area (Å²) in [6, 6.07) is 7.52. The largest absolute Gasteiger partial charge is 0.465 e. The van der Waals surface area contributed by atoms with Crippen molar-refractivity contribution in [1.82, 2.24) is 4.90 Å². The Kier molecular flexibility index (Phi) is 7.66. The van der Waals surface area contributed by atoms with Crippen molar-refractivity contribution in [3.8, 4) is 0 Å². The molecule has 6 nitrogen and oxygen atoms in total. The van der Waals surface area contributed by atoms with Gasteiger partial charge in [-0.2, -0.15) is 0 Å². The minimum absolute atomic E-state index is 0.177. The first-order chi connectivity index (χ1) is 14.5. The van der Waals surface area contributed by atoms with Gasteiger partial charge >= 0.3 is 5.97 Å². The van der Waals surface area contributed by atoms with E-state index in [-0.39, 0.29) is 28.3 Å². The first-order valence-electron chi connectivity index (χ1n) is 10.3. The highest BCUT2D eigenvalue weighted by molar-refractivity contribution is 8.26. The van der Waals surface area contributed by atoms with Gasteiger partial charge in [-0.1, -0.05) is 74.8 Å². The van der Waals surface area contributed by atoms with Crippen LogP contribution in [0.2, 0.25) is 0 Å². The lowest BCUT2D eigenvalue weighted by molar-refractivity contribution is -0.145. The Balaban J connectivity index is 1.85. The van der Waals surface area contributed by atoms with Gasteiger partial charge in [0, 0.05) is 12.1 Å². The number of thiocarbonyl (C=S) groups is 1. The van der Waals surface area contributed by atoms with E-state index in [1.807, 2.05) is 24.3 Å². The molecule has 8 heteroatoms. The number of ether oxygens (including phenoxy) is 1. The highest BCUT2D eigenvalue weighted by atomic mass is 32.2. The fourth-order valence-electron chi connectivity index (χ4n) is 3.62. The van der Waals surface area contributed by atoms with Crippen molar-refractivity contribution in [3.63, 3.8) is 0 Å². The van der Waals surface area contributed by atoms with Crippen LogP contribution in [-0.2, 0) is 19.1 Å². The van der Waals surface area contributed by atoms with E-state index in [2.05, 4.69) is 6.92 Å². The molecule has 1 aromatic carbocycles. The number of nitrogens with zero attached hydrogens (tertiary/aromatic N) is 2. The number of benzene rings is 1. The van der Waals surface area contributed by atoms with Crippen LogP contribution >= 0.6 is 24.0 Å². The molecular weight excluding hydrogens is 420 g/mol. The molecule has 0 bridgehead atoms. The number of unbranched alkanes of at least 4 members (excludes halogenated alkanes) is 4. The van der Waals surface area contributed by atoms with Gasteiger partial charge in [0.1, 0.15) is 10.9 Å². The summed E-state index contributed by atoms with van der Waals surface area (Å²) in [5.74, 6) is -1.11. The number of para-hydroxylation sites is 1. The minimum atomic E-state index is -0.521. The minimum Gasteiger partial charge on any atom is -0.465 e. The van der Waals surface area contributed by atoms with Gasteiger partial charge in [-0.3, -0.25) is 19.3 Å². The number of hydrogen-bond acceptors (Lipinski definition) is 6. The van der Waals surface area contributed by atoms with E-state index in [0.29, 0.717) is 12.1 Å². The molecule has 2 aliphatic rings. The Hall–Kier alpha value is -2.19. The molecule has 0 spiro atoms. The second-order valence-electron chi connectivity index (χ2n) is 7.16. The molecule has 0 saturated carbocycles. The molecule has 2 aliphatic heterocycles. The van der Waals surface area contributed by atoms with Crippen LogP contribution in [0.4, 0.5) is 5.69 Å². The average molecular weight is 447 g/mol. The van der Waals surface area contributed by atoms with Crippen LogP contribution in [-0.4, -0.2) is 46.7 Å². The van der Waals surface area contributed by atoms with Crippen molar-refractivity contribution < 1.29 is 19.1 Å². The molecule has 1 fully saturated rings. The zero-order valence-electron chi connectivity index (χ0n) is 17.3. The molecule has 1 saturated heterocycles. The Morgan fingerprint density at radius 2 is 1.77 bits per heavy atom. The SMILES string of the molecule is CCCCCCCN1C(=O)/C(=C2\SC(=S)N(CC(=O)OCC)C2=O)c2ccccc21. The summed E-state index contributed by atoms with van der Waals surface area (Å²) in [5.41, 5.74) is 1.94. The number of amides is 2. The number of esters is 1. The van der Waals surface area contributed by atoms with E-state index in [0.717, 1.165) is 42.3 Å². The lowest BCUT2D eigenvalue weighted by atomic mass is 10.1. The number of hydrogen-bond donors (Lipinski definition) is 0. The second-order valence-corrected chi connectivity index (χ2v) is 8.80. The number of carbonyl (C=O) groups is 3. The van der Waals surface area contributed by atoms with Crippen molar-refractivity contribution in [1.29, 1.82) is 0 Å². The first kappa shape index (κ1) is 22.5. The van der Waals surface area contributed by atoms with Gasteiger partial charge < -0.3 is 9.64 Å². The number of fused-ring (bicyclic) bond motifs is 1. The fourth-order valence-corrected chi connectivity index (χ4v) is 4.94. The van der Waals surface area contributed by atoms with E-state index in [1.54, 1.807) is 11.8 Å². The predicted molar refractivity (Wildman–Crippen MR) is 123 cm³/mol. The highest BCUT2D eigenvalue weighted by Gasteiger charge is 2.42. The second kappa shape index (κ2) is 10.2. The zero-order chi connectivity index (χ0) is 21.7. The number of carbonyl (C=O) groups excluding carboxylic acids is 3. The third-order valence-electron chi connectivity index (χ3n) is 5.08. The maximum atomic E-state index is 13.3. The number of thioether (sulfide) groups is 1. The molecule has 0 N–H and O–H groups in total. The van der Waals surface area contributed by atoms with Crippen LogP contribution in [0.15, 0.2) is 29.2 Å². The van der Waals surface area contributed by atoms with Crippen LogP contribution in [0.3, 0.4) is 0 Å². The van der Waals surface area contributed by atoms with Crippen LogP contribution in [0, 0.1) is 0 Å². The summed E-state index contributed by atoms with van der Waals surface area (Å²) in [4.78, 5) is 41.4. The molecule has 2 amide bonds. The Bertz CT molecular complexity index is 897. The van der Waals surface area contributed by atoms with Crippen molar-refractivity contribution in [2.24, 2.45) is 0 Å². The zero-order valence-corrected chi connectivity index (χ0v) is 18.9. The molecule has 30 heavy (non-hydrogen) atoms. The maximum Gasteiger partial charge on any atom is 0.326 e. The summed E-state index contributed by atoms with van der Waals surface area (Å²) in [5, 5.41) is 0. The van der Waals surface area contributed by atoms with Gasteiger partial charge in [-0.15, -0.1) is 0 Å². The maximum absolute atomic E-state index is 13.3. The van der Waals surface area contributed by atoms with Gasteiger partial charge in [0.2, 0.25) is 0 Å². The fraction of sp³-hybridized carbons (Fsp3) is 0.455. The Morgan fingerprint density at radius 1 is 1.03 bits per heavy atom. The Labute approximate surface area is 186 Å². The van der Waals surface area contributed by atoms with Crippen molar-refractivity contribution in [2.75, 3.05) is 24.6 Å². The summed E-state index contributed by atoms with van der Waals surface area (Å²) < 4.78 is 5.20. The number of anilines is 1. The summed E-state index contributed by atoms with van der Waals surface area (Å²) in [6.45, 7) is 4.48. The summed E-state index contributed by atoms with van der Waals surface area (Å²) in [7, 11) is 0. The van der Waals surface area contributed by atoms with E-state index in [9.17, 15) is 14.4 Å². The quantitative estimate of drug-likeness (QED) is 0.246. The van der Waals surface area contributed by atoms with Crippen molar-refractivity contribution in [3.05, 3.63) is 34.7 Å². The predicted octanol–water partition coefficient (Wildman–Crippen LogP) is 4.14. The smallest absolute Gasteiger partial charge is 0.326 e. The molecule has 0 unspecified atom stereocenters. The molecular formula is C22H26N2O4S2. The van der Waals surface area contributed by atoms with Crippen LogP contribution < -0.4 is 4.90 Å². The lowest BCUT2D eigenvalue weighted by Crippen LogP contribution is -2.34. The first-order valence-corrected chi connectivity index (χ1v) is 11.6. The normalized spacial score (nSPS) is 18.4. The highest BCUT2D eigenvalue weighted by Crippen LogP contribution is 2.44. The van der Waals surface area contributed by atoms with Crippen LogP contribution in [0.1, 0.15) is 51.5 Å².